The quantitative estimate of drug-likeness (QED) is 0.727. The van der Waals surface area contributed by atoms with Gasteiger partial charge in [0, 0.05) is 6.54 Å². The minimum Gasteiger partial charge on any atom is -0.486 e. The summed E-state index contributed by atoms with van der Waals surface area (Å²) in [4.78, 5) is 38.4. The molecule has 0 radical (unpaired) electrons. The van der Waals surface area contributed by atoms with Crippen LogP contribution in [0.1, 0.15) is 18.1 Å². The fourth-order valence-electron chi connectivity index (χ4n) is 3.42. The van der Waals surface area contributed by atoms with Gasteiger partial charge in [0.2, 0.25) is 5.91 Å². The Balaban J connectivity index is 1.39. The highest BCUT2D eigenvalue weighted by Gasteiger charge is 2.49. The van der Waals surface area contributed by atoms with E-state index in [2.05, 4.69) is 10.6 Å². The van der Waals surface area contributed by atoms with E-state index >= 15 is 0 Å². The summed E-state index contributed by atoms with van der Waals surface area (Å²) in [5.74, 6) is -0.257. The lowest BCUT2D eigenvalue weighted by atomic mass is 9.92. The highest BCUT2D eigenvalue weighted by molar-refractivity contribution is 6.09. The van der Waals surface area contributed by atoms with Crippen LogP contribution in [0.3, 0.4) is 0 Å². The second-order valence-electron chi connectivity index (χ2n) is 7.21. The van der Waals surface area contributed by atoms with Crippen molar-refractivity contribution in [3.05, 3.63) is 59.4 Å². The van der Waals surface area contributed by atoms with Crippen molar-refractivity contribution in [3.8, 4) is 11.5 Å². The molecule has 0 bridgehead atoms. The highest BCUT2D eigenvalue weighted by atomic mass is 19.1. The molecule has 0 aliphatic carbocycles. The molecule has 4 rings (SSSR count). The van der Waals surface area contributed by atoms with Gasteiger partial charge in [0.05, 0.1) is 0 Å². The third kappa shape index (κ3) is 3.66. The van der Waals surface area contributed by atoms with Gasteiger partial charge in [-0.15, -0.1) is 0 Å². The SMILES string of the molecule is CC1(c2ccc(F)cc2)NC(=O)N(CC(=O)NCc2ccc3c(c2)OCCO3)C1=O. The summed E-state index contributed by atoms with van der Waals surface area (Å²) in [6.45, 7) is 2.25. The van der Waals surface area contributed by atoms with E-state index < -0.39 is 35.7 Å². The van der Waals surface area contributed by atoms with Gasteiger partial charge in [0.1, 0.15) is 31.1 Å². The maximum absolute atomic E-state index is 13.2. The van der Waals surface area contributed by atoms with Crippen molar-refractivity contribution in [1.82, 2.24) is 15.5 Å². The molecule has 2 aliphatic heterocycles. The number of amides is 4. The fourth-order valence-corrected chi connectivity index (χ4v) is 3.42. The fraction of sp³-hybridized carbons (Fsp3) is 0.286. The molecule has 0 saturated carbocycles. The van der Waals surface area contributed by atoms with Crippen molar-refractivity contribution in [2.24, 2.45) is 0 Å². The molecule has 1 saturated heterocycles. The molecule has 8 nitrogen and oxygen atoms in total. The molecule has 0 spiro atoms. The van der Waals surface area contributed by atoms with Crippen LogP contribution in [0.4, 0.5) is 9.18 Å². The maximum atomic E-state index is 13.2. The van der Waals surface area contributed by atoms with E-state index in [1.165, 1.54) is 31.2 Å². The molecule has 30 heavy (non-hydrogen) atoms. The van der Waals surface area contributed by atoms with Crippen LogP contribution >= 0.6 is 0 Å². The number of carbonyl (C=O) groups excluding carboxylic acids is 3. The average molecular weight is 413 g/mol. The van der Waals surface area contributed by atoms with Gasteiger partial charge in [-0.05, 0) is 42.3 Å². The van der Waals surface area contributed by atoms with Crippen molar-refractivity contribution in [2.75, 3.05) is 19.8 Å². The lowest BCUT2D eigenvalue weighted by Crippen LogP contribution is -2.43. The van der Waals surface area contributed by atoms with Crippen molar-refractivity contribution in [1.29, 1.82) is 0 Å². The van der Waals surface area contributed by atoms with Crippen LogP contribution in [0.2, 0.25) is 0 Å². The van der Waals surface area contributed by atoms with Gasteiger partial charge in [-0.1, -0.05) is 18.2 Å². The lowest BCUT2D eigenvalue weighted by molar-refractivity contribution is -0.134. The Labute approximate surface area is 171 Å². The molecule has 0 aromatic heterocycles. The summed E-state index contributed by atoms with van der Waals surface area (Å²) in [6.07, 6.45) is 0. The first kappa shape index (κ1) is 19.7. The van der Waals surface area contributed by atoms with Gasteiger partial charge >= 0.3 is 6.03 Å². The summed E-state index contributed by atoms with van der Waals surface area (Å²) in [5.41, 5.74) is -0.136. The topological polar surface area (TPSA) is 97.0 Å². The summed E-state index contributed by atoms with van der Waals surface area (Å²) >= 11 is 0. The van der Waals surface area contributed by atoms with Crippen molar-refractivity contribution >= 4 is 17.8 Å². The number of urea groups is 1. The number of rotatable bonds is 5. The summed E-state index contributed by atoms with van der Waals surface area (Å²) in [6, 6.07) is 9.94. The summed E-state index contributed by atoms with van der Waals surface area (Å²) < 4.78 is 24.2. The van der Waals surface area contributed by atoms with E-state index in [1.807, 2.05) is 0 Å². The molecule has 2 aromatic carbocycles. The van der Waals surface area contributed by atoms with Crippen LogP contribution in [0.25, 0.3) is 0 Å². The van der Waals surface area contributed by atoms with E-state index in [-0.39, 0.29) is 6.54 Å². The molecule has 9 heteroatoms. The Morgan fingerprint density at radius 2 is 1.83 bits per heavy atom. The van der Waals surface area contributed by atoms with Crippen molar-refractivity contribution < 1.29 is 28.2 Å². The number of hydrogen-bond donors (Lipinski definition) is 2. The smallest absolute Gasteiger partial charge is 0.325 e. The molecular formula is C21H20FN3O5. The Bertz CT molecular complexity index is 1010. The molecule has 2 heterocycles. The molecule has 2 N–H and O–H groups in total. The minimum atomic E-state index is -1.36. The Kier molecular flexibility index (Phi) is 5.03. The number of nitrogens with one attached hydrogen (secondary N) is 2. The van der Waals surface area contributed by atoms with Crippen LogP contribution in [0, 0.1) is 5.82 Å². The molecule has 2 aliphatic rings. The number of ether oxygens (including phenoxy) is 2. The van der Waals surface area contributed by atoms with Crippen LogP contribution in [0.15, 0.2) is 42.5 Å². The minimum absolute atomic E-state index is 0.203. The predicted molar refractivity (Wildman–Crippen MR) is 103 cm³/mol. The number of carbonyl (C=O) groups is 3. The number of fused-ring (bicyclic) bond motifs is 1. The summed E-state index contributed by atoms with van der Waals surface area (Å²) in [7, 11) is 0. The molecule has 2 aromatic rings. The molecule has 1 atom stereocenters. The first-order chi connectivity index (χ1) is 14.4. The first-order valence-corrected chi connectivity index (χ1v) is 9.42. The zero-order valence-electron chi connectivity index (χ0n) is 16.2. The molecule has 1 fully saturated rings. The molecule has 4 amide bonds. The monoisotopic (exact) mass is 413 g/mol. The molecular weight excluding hydrogens is 393 g/mol. The molecule has 1 unspecified atom stereocenters. The third-order valence-corrected chi connectivity index (χ3v) is 5.09. The van der Waals surface area contributed by atoms with Gasteiger partial charge in [-0.2, -0.15) is 0 Å². The van der Waals surface area contributed by atoms with Crippen LogP contribution in [-0.4, -0.2) is 42.5 Å². The first-order valence-electron chi connectivity index (χ1n) is 9.42. The van der Waals surface area contributed by atoms with Crippen LogP contribution in [0.5, 0.6) is 11.5 Å². The second kappa shape index (κ2) is 7.66. The standard InChI is InChI=1S/C21H20FN3O5/c1-21(14-3-5-15(22)6-4-14)19(27)25(20(28)24-21)12-18(26)23-11-13-2-7-16-17(10-13)30-9-8-29-16/h2-7,10H,8-9,11-12H2,1H3,(H,23,26)(H,24,28). The van der Waals surface area contributed by atoms with E-state index in [4.69, 9.17) is 9.47 Å². The number of imide groups is 1. The van der Waals surface area contributed by atoms with Gasteiger partial charge in [-0.25, -0.2) is 9.18 Å². The van der Waals surface area contributed by atoms with Gasteiger partial charge in [0.15, 0.2) is 11.5 Å². The van der Waals surface area contributed by atoms with Crippen LogP contribution < -0.4 is 20.1 Å². The second-order valence-corrected chi connectivity index (χ2v) is 7.21. The largest absolute Gasteiger partial charge is 0.486 e. The maximum Gasteiger partial charge on any atom is 0.325 e. The van der Waals surface area contributed by atoms with Gasteiger partial charge < -0.3 is 20.1 Å². The number of benzene rings is 2. The molecule has 156 valence electrons. The van der Waals surface area contributed by atoms with E-state index in [9.17, 15) is 18.8 Å². The van der Waals surface area contributed by atoms with E-state index in [1.54, 1.807) is 18.2 Å². The summed E-state index contributed by atoms with van der Waals surface area (Å²) in [5, 5.41) is 5.27. The average Bonchev–Trinajstić information content (AvgIpc) is 2.96. The van der Waals surface area contributed by atoms with E-state index in [0.717, 1.165) is 10.5 Å². The predicted octanol–water partition coefficient (Wildman–Crippen LogP) is 1.68. The lowest BCUT2D eigenvalue weighted by Gasteiger charge is -2.22. The van der Waals surface area contributed by atoms with Gasteiger partial charge in [0.25, 0.3) is 5.91 Å². The zero-order valence-corrected chi connectivity index (χ0v) is 16.2. The Hall–Kier alpha value is -3.62. The number of halogens is 1. The van der Waals surface area contributed by atoms with E-state index in [0.29, 0.717) is 30.3 Å². The normalized spacial score (nSPS) is 20.1. The number of hydrogen-bond acceptors (Lipinski definition) is 5. The van der Waals surface area contributed by atoms with Crippen LogP contribution in [-0.2, 0) is 21.7 Å². The third-order valence-electron chi connectivity index (χ3n) is 5.09. The van der Waals surface area contributed by atoms with Gasteiger partial charge in [-0.3, -0.25) is 14.5 Å². The Morgan fingerprint density at radius 3 is 2.57 bits per heavy atom. The highest BCUT2D eigenvalue weighted by Crippen LogP contribution is 2.31. The van der Waals surface area contributed by atoms with Crippen molar-refractivity contribution in [3.63, 3.8) is 0 Å². The Morgan fingerprint density at radius 1 is 1.13 bits per heavy atom. The zero-order chi connectivity index (χ0) is 21.3. The number of nitrogens with zero attached hydrogens (tertiary/aromatic N) is 1. The van der Waals surface area contributed by atoms with Crippen molar-refractivity contribution in [2.45, 2.75) is 19.0 Å².